The molecule has 0 spiro atoms. The van der Waals surface area contributed by atoms with Crippen LogP contribution in [0.25, 0.3) is 0 Å². The summed E-state index contributed by atoms with van der Waals surface area (Å²) in [6, 6.07) is 5.43. The van der Waals surface area contributed by atoms with Crippen LogP contribution >= 0.6 is 11.6 Å². The van der Waals surface area contributed by atoms with E-state index in [2.05, 4.69) is 17.2 Å². The molecule has 0 fully saturated rings. The quantitative estimate of drug-likeness (QED) is 0.773. The van der Waals surface area contributed by atoms with Gasteiger partial charge < -0.3 is 10.1 Å². The van der Waals surface area contributed by atoms with Crippen molar-refractivity contribution in [1.29, 1.82) is 0 Å². The van der Waals surface area contributed by atoms with E-state index in [1.54, 1.807) is 20.1 Å². The van der Waals surface area contributed by atoms with Crippen LogP contribution in [0, 0.1) is 11.8 Å². The molecule has 1 aromatic rings. The fraction of sp³-hybridized carbons (Fsp3) is 0.273. The van der Waals surface area contributed by atoms with E-state index in [4.69, 9.17) is 16.3 Å². The Labute approximate surface area is 89.2 Å². The van der Waals surface area contributed by atoms with Crippen molar-refractivity contribution in [3.8, 4) is 17.6 Å². The zero-order valence-electron chi connectivity index (χ0n) is 8.23. The van der Waals surface area contributed by atoms with Gasteiger partial charge in [0.25, 0.3) is 0 Å². The molecule has 0 aromatic heterocycles. The molecule has 0 aliphatic heterocycles. The van der Waals surface area contributed by atoms with Crippen LogP contribution in [-0.4, -0.2) is 13.7 Å². The van der Waals surface area contributed by atoms with E-state index in [-0.39, 0.29) is 0 Å². The number of methoxy groups -OCH3 is 1. The Bertz CT molecular complexity index is 365. The molecule has 3 heteroatoms. The van der Waals surface area contributed by atoms with Crippen molar-refractivity contribution >= 4 is 17.3 Å². The van der Waals surface area contributed by atoms with Crippen molar-refractivity contribution in [2.24, 2.45) is 0 Å². The van der Waals surface area contributed by atoms with E-state index in [0.29, 0.717) is 11.6 Å². The Morgan fingerprint density at radius 1 is 1.50 bits per heavy atom. The molecule has 1 N–H and O–H groups in total. The lowest BCUT2D eigenvalue weighted by atomic mass is 10.3. The summed E-state index contributed by atoms with van der Waals surface area (Å²) in [7, 11) is 1.62. The molecule has 0 atom stereocenters. The van der Waals surface area contributed by atoms with Crippen molar-refractivity contribution in [2.75, 3.05) is 19.0 Å². The number of ether oxygens (including phenoxy) is 1. The largest absolute Gasteiger partial charge is 0.495 e. The highest BCUT2D eigenvalue weighted by Crippen LogP contribution is 2.27. The molecule has 1 aromatic carbocycles. The molecule has 0 unspecified atom stereocenters. The highest BCUT2D eigenvalue weighted by Gasteiger charge is 2.01. The SMILES string of the molecule is CC#CCNc1cc(Cl)ccc1OC. The summed E-state index contributed by atoms with van der Waals surface area (Å²) in [6.07, 6.45) is 0. The smallest absolute Gasteiger partial charge is 0.142 e. The van der Waals surface area contributed by atoms with E-state index < -0.39 is 0 Å². The summed E-state index contributed by atoms with van der Waals surface area (Å²) in [5.41, 5.74) is 0.864. The molecule has 0 bridgehead atoms. The van der Waals surface area contributed by atoms with Crippen molar-refractivity contribution in [3.63, 3.8) is 0 Å². The molecule has 0 aliphatic rings. The van der Waals surface area contributed by atoms with Crippen LogP contribution in [0.4, 0.5) is 5.69 Å². The maximum Gasteiger partial charge on any atom is 0.142 e. The van der Waals surface area contributed by atoms with Crippen molar-refractivity contribution in [1.82, 2.24) is 0 Å². The Kier molecular flexibility index (Phi) is 4.15. The molecule has 0 saturated heterocycles. The topological polar surface area (TPSA) is 21.3 Å². The minimum absolute atomic E-state index is 0.590. The normalized spacial score (nSPS) is 8.79. The van der Waals surface area contributed by atoms with Crippen LogP contribution in [0.3, 0.4) is 0 Å². The highest BCUT2D eigenvalue weighted by atomic mass is 35.5. The maximum absolute atomic E-state index is 5.86. The van der Waals surface area contributed by atoms with Gasteiger partial charge in [-0.2, -0.15) is 0 Å². The van der Waals surface area contributed by atoms with Gasteiger partial charge in [-0.1, -0.05) is 17.5 Å². The Balaban J connectivity index is 2.80. The molecule has 2 nitrogen and oxygen atoms in total. The summed E-state index contributed by atoms with van der Waals surface area (Å²) in [5, 5.41) is 3.80. The van der Waals surface area contributed by atoms with E-state index in [0.717, 1.165) is 11.4 Å². The molecule has 0 amide bonds. The fourth-order valence-electron chi connectivity index (χ4n) is 1.05. The first-order valence-corrected chi connectivity index (χ1v) is 4.62. The third-order valence-electron chi connectivity index (χ3n) is 1.71. The second-order valence-corrected chi connectivity index (χ2v) is 3.06. The first kappa shape index (κ1) is 10.7. The van der Waals surface area contributed by atoms with E-state index >= 15 is 0 Å². The van der Waals surface area contributed by atoms with Crippen molar-refractivity contribution < 1.29 is 4.74 Å². The average Bonchev–Trinajstić information content (AvgIpc) is 2.19. The molecular formula is C11H12ClNO. The molecule has 0 saturated carbocycles. The number of anilines is 1. The third kappa shape index (κ3) is 2.86. The van der Waals surface area contributed by atoms with E-state index in [1.807, 2.05) is 12.1 Å². The van der Waals surface area contributed by atoms with Crippen LogP contribution < -0.4 is 10.1 Å². The van der Waals surface area contributed by atoms with Crippen LogP contribution in [-0.2, 0) is 0 Å². The molecule has 14 heavy (non-hydrogen) atoms. The van der Waals surface area contributed by atoms with Gasteiger partial charge in [-0.15, -0.1) is 5.92 Å². The van der Waals surface area contributed by atoms with Gasteiger partial charge >= 0.3 is 0 Å². The zero-order valence-corrected chi connectivity index (χ0v) is 8.98. The van der Waals surface area contributed by atoms with Crippen LogP contribution in [0.2, 0.25) is 5.02 Å². The summed E-state index contributed by atoms with van der Waals surface area (Å²) >= 11 is 5.86. The second kappa shape index (κ2) is 5.41. The Morgan fingerprint density at radius 2 is 2.29 bits per heavy atom. The monoisotopic (exact) mass is 209 g/mol. The van der Waals surface area contributed by atoms with Gasteiger partial charge in [-0.25, -0.2) is 0 Å². The van der Waals surface area contributed by atoms with Gasteiger partial charge in [0, 0.05) is 5.02 Å². The molecular weight excluding hydrogens is 198 g/mol. The van der Waals surface area contributed by atoms with Gasteiger partial charge in [0.1, 0.15) is 5.75 Å². The number of hydrogen-bond acceptors (Lipinski definition) is 2. The fourth-order valence-corrected chi connectivity index (χ4v) is 1.22. The molecule has 0 aliphatic carbocycles. The van der Waals surface area contributed by atoms with Gasteiger partial charge in [-0.3, -0.25) is 0 Å². The van der Waals surface area contributed by atoms with Crippen molar-refractivity contribution in [2.45, 2.75) is 6.92 Å². The van der Waals surface area contributed by atoms with Gasteiger partial charge in [0.05, 0.1) is 19.3 Å². The lowest BCUT2D eigenvalue weighted by Gasteiger charge is -2.08. The third-order valence-corrected chi connectivity index (χ3v) is 1.94. The molecule has 1 rings (SSSR count). The number of nitrogens with one attached hydrogen (secondary N) is 1. The predicted molar refractivity (Wildman–Crippen MR) is 59.9 cm³/mol. The number of benzene rings is 1. The summed E-state index contributed by atoms with van der Waals surface area (Å²) < 4.78 is 5.16. The molecule has 74 valence electrons. The summed E-state index contributed by atoms with van der Waals surface area (Å²) in [6.45, 7) is 2.39. The first-order valence-electron chi connectivity index (χ1n) is 4.25. The summed E-state index contributed by atoms with van der Waals surface area (Å²) in [4.78, 5) is 0. The number of hydrogen-bond donors (Lipinski definition) is 1. The summed E-state index contributed by atoms with van der Waals surface area (Å²) in [5.74, 6) is 6.48. The highest BCUT2D eigenvalue weighted by molar-refractivity contribution is 6.30. The maximum atomic E-state index is 5.86. The van der Waals surface area contributed by atoms with Gasteiger partial charge in [0.2, 0.25) is 0 Å². The number of rotatable bonds is 3. The van der Waals surface area contributed by atoms with Crippen LogP contribution in [0.5, 0.6) is 5.75 Å². The Morgan fingerprint density at radius 3 is 2.93 bits per heavy atom. The van der Waals surface area contributed by atoms with E-state index in [9.17, 15) is 0 Å². The predicted octanol–water partition coefficient (Wildman–Crippen LogP) is 2.78. The average molecular weight is 210 g/mol. The van der Waals surface area contributed by atoms with Crippen LogP contribution in [0.1, 0.15) is 6.92 Å². The lowest BCUT2D eigenvalue weighted by Crippen LogP contribution is -2.00. The minimum Gasteiger partial charge on any atom is -0.495 e. The van der Waals surface area contributed by atoms with Gasteiger partial charge in [-0.05, 0) is 25.1 Å². The van der Waals surface area contributed by atoms with E-state index in [1.165, 1.54) is 0 Å². The van der Waals surface area contributed by atoms with Gasteiger partial charge in [0.15, 0.2) is 0 Å². The second-order valence-electron chi connectivity index (χ2n) is 2.62. The standard InChI is InChI=1S/C11H12ClNO/c1-3-4-7-13-10-8-9(12)5-6-11(10)14-2/h5-6,8,13H,7H2,1-2H3. The Hall–Kier alpha value is -1.33. The molecule has 0 heterocycles. The van der Waals surface area contributed by atoms with Crippen molar-refractivity contribution in [3.05, 3.63) is 23.2 Å². The lowest BCUT2D eigenvalue weighted by molar-refractivity contribution is 0.416. The van der Waals surface area contributed by atoms with Crippen LogP contribution in [0.15, 0.2) is 18.2 Å². The molecule has 0 radical (unpaired) electrons. The zero-order chi connectivity index (χ0) is 10.4. The first-order chi connectivity index (χ1) is 6.77. The number of halogens is 1. The minimum atomic E-state index is 0.590.